The summed E-state index contributed by atoms with van der Waals surface area (Å²) in [4.78, 5) is 0. The largest absolute Gasteiger partial charge is 0.351 e. The molecule has 5 aromatic carbocycles. The van der Waals surface area contributed by atoms with E-state index in [1.54, 1.807) is 0 Å². The van der Waals surface area contributed by atoms with Crippen LogP contribution in [0.15, 0.2) is 115 Å². The predicted molar refractivity (Wildman–Crippen MR) is 181 cm³/mol. The molecule has 3 aliphatic rings. The summed E-state index contributed by atoms with van der Waals surface area (Å²) in [6.45, 7) is 6.82. The number of para-hydroxylation sites is 1. The average Bonchev–Trinajstić information content (AvgIpc) is 3.83. The number of fused-ring (bicyclic) bond motifs is 8. The monoisotopic (exact) mass is 593 g/mol. The molecule has 1 unspecified atom stereocenters. The Bertz CT molecular complexity index is 2660. The highest BCUT2D eigenvalue weighted by atomic mass is 15.5. The fraction of sp³-hybridized carbons (Fsp3) is 0.122. The van der Waals surface area contributed by atoms with E-state index < -0.39 is 5.54 Å². The lowest BCUT2D eigenvalue weighted by molar-refractivity contribution is -0.818. The van der Waals surface area contributed by atoms with Gasteiger partial charge in [0.05, 0.1) is 35.0 Å². The lowest BCUT2D eigenvalue weighted by Gasteiger charge is -2.26. The van der Waals surface area contributed by atoms with Crippen LogP contribution in [0.2, 0.25) is 0 Å². The summed E-state index contributed by atoms with van der Waals surface area (Å²) in [5.74, 6) is 1.28. The lowest BCUT2D eigenvalue weighted by Crippen LogP contribution is -2.64. The number of rotatable bonds is 2. The molecule has 0 aliphatic carbocycles. The highest BCUT2D eigenvalue weighted by Gasteiger charge is 2.72. The van der Waals surface area contributed by atoms with Crippen LogP contribution in [0.5, 0.6) is 0 Å². The van der Waals surface area contributed by atoms with Crippen LogP contribution in [0.1, 0.15) is 34.0 Å². The molecule has 3 aromatic heterocycles. The maximum Gasteiger partial charge on any atom is 0.351 e. The molecule has 0 N–H and O–H groups in total. The molecule has 0 bridgehead atoms. The second kappa shape index (κ2) is 7.93. The van der Waals surface area contributed by atoms with E-state index in [1.165, 1.54) is 95.3 Å². The van der Waals surface area contributed by atoms with Crippen LogP contribution in [0, 0.1) is 20.8 Å². The van der Waals surface area contributed by atoms with Crippen molar-refractivity contribution in [3.8, 4) is 39.4 Å². The number of benzene rings is 5. The van der Waals surface area contributed by atoms with Gasteiger partial charge in [-0.2, -0.15) is 4.57 Å². The average molecular weight is 594 g/mol. The summed E-state index contributed by atoms with van der Waals surface area (Å²) in [6.07, 6.45) is 0. The van der Waals surface area contributed by atoms with Crippen LogP contribution in [0.4, 0.5) is 0 Å². The fourth-order valence-electron chi connectivity index (χ4n) is 9.53. The van der Waals surface area contributed by atoms with Crippen molar-refractivity contribution in [3.05, 3.63) is 149 Å². The Balaban J connectivity index is 1.30. The van der Waals surface area contributed by atoms with Gasteiger partial charge in [0.2, 0.25) is 5.69 Å². The van der Waals surface area contributed by atoms with Crippen molar-refractivity contribution in [1.29, 1.82) is 0 Å². The van der Waals surface area contributed by atoms with Gasteiger partial charge in [0.1, 0.15) is 16.9 Å². The highest BCUT2D eigenvalue weighted by molar-refractivity contribution is 6.13. The molecule has 0 saturated heterocycles. The minimum Gasteiger partial charge on any atom is -0.308 e. The number of hydrogen-bond donors (Lipinski definition) is 0. The van der Waals surface area contributed by atoms with E-state index in [0.717, 1.165) is 0 Å². The molecular formula is C41H31N5+2. The molecule has 218 valence electrons. The Morgan fingerprint density at radius 3 is 2.09 bits per heavy atom. The van der Waals surface area contributed by atoms with E-state index >= 15 is 0 Å². The maximum atomic E-state index is 2.59. The summed E-state index contributed by atoms with van der Waals surface area (Å²) in [5.41, 5.74) is 17.3. The second-order valence-corrected chi connectivity index (χ2v) is 13.2. The first kappa shape index (κ1) is 24.6. The number of imidazole rings is 1. The molecule has 5 nitrogen and oxygen atoms in total. The van der Waals surface area contributed by atoms with Crippen LogP contribution in [0.25, 0.3) is 61.3 Å². The molecule has 0 amide bonds. The fourth-order valence-corrected chi connectivity index (χ4v) is 9.53. The van der Waals surface area contributed by atoms with Crippen LogP contribution in [0.3, 0.4) is 0 Å². The van der Waals surface area contributed by atoms with Crippen molar-refractivity contribution >= 4 is 21.8 Å². The molecule has 46 heavy (non-hydrogen) atoms. The number of nitrogens with zero attached hydrogens (tertiary/aromatic N) is 5. The smallest absolute Gasteiger partial charge is 0.308 e. The predicted octanol–water partition coefficient (Wildman–Crippen LogP) is 7.52. The van der Waals surface area contributed by atoms with E-state index in [2.05, 4.69) is 166 Å². The molecular weight excluding hydrogens is 562 g/mol. The van der Waals surface area contributed by atoms with Gasteiger partial charge in [0.15, 0.2) is 11.4 Å². The Kier molecular flexibility index (Phi) is 4.24. The third kappa shape index (κ3) is 2.49. The lowest BCUT2D eigenvalue weighted by atomic mass is 9.79. The first-order valence-corrected chi connectivity index (χ1v) is 16.1. The zero-order valence-corrected chi connectivity index (χ0v) is 26.2. The van der Waals surface area contributed by atoms with Crippen molar-refractivity contribution in [3.63, 3.8) is 0 Å². The van der Waals surface area contributed by atoms with Gasteiger partial charge in [-0.1, -0.05) is 71.4 Å². The number of aromatic nitrogens is 5. The molecule has 0 fully saturated rings. The van der Waals surface area contributed by atoms with Crippen LogP contribution < -0.4 is 9.25 Å². The van der Waals surface area contributed by atoms with Crippen molar-refractivity contribution in [1.82, 2.24) is 13.8 Å². The SMILES string of the molecule is Cc1c(-c2ccc(-c3ccccc3)cc2)[n+](C)c2n1-c1cccc3c1C21c2c(ccc4c5ccccc5n-3c24)-n2c(C)cc(C)[n+]21. The van der Waals surface area contributed by atoms with Crippen molar-refractivity contribution < 1.29 is 9.25 Å². The van der Waals surface area contributed by atoms with Crippen LogP contribution in [-0.4, -0.2) is 13.8 Å². The van der Waals surface area contributed by atoms with Gasteiger partial charge in [-0.3, -0.25) is 0 Å². The zero-order chi connectivity index (χ0) is 30.6. The van der Waals surface area contributed by atoms with E-state index in [1.807, 2.05) is 0 Å². The minimum atomic E-state index is -0.523. The minimum absolute atomic E-state index is 0.523. The summed E-state index contributed by atoms with van der Waals surface area (Å²) < 4.78 is 12.7. The van der Waals surface area contributed by atoms with Gasteiger partial charge < -0.3 is 4.57 Å². The highest BCUT2D eigenvalue weighted by Crippen LogP contribution is 2.58. The summed E-state index contributed by atoms with van der Waals surface area (Å²) in [5, 5.41) is 2.62. The molecule has 0 saturated carbocycles. The van der Waals surface area contributed by atoms with Gasteiger partial charge in [0.25, 0.3) is 0 Å². The first-order valence-electron chi connectivity index (χ1n) is 16.1. The van der Waals surface area contributed by atoms with Crippen molar-refractivity contribution in [2.45, 2.75) is 26.3 Å². The van der Waals surface area contributed by atoms with Crippen molar-refractivity contribution in [2.24, 2.45) is 7.05 Å². The van der Waals surface area contributed by atoms with Crippen LogP contribution >= 0.6 is 0 Å². The molecule has 3 aliphatic heterocycles. The molecule has 0 radical (unpaired) electrons. The third-order valence-electron chi connectivity index (χ3n) is 11.0. The van der Waals surface area contributed by atoms with E-state index in [-0.39, 0.29) is 0 Å². The molecule has 5 heteroatoms. The standard InChI is InChI=1S/C41H31N5/c1-24-23-25(2)46-41-36-33(43-26(3)38(42(4)40(41)43)29-19-17-28(18-20-29)27-11-6-5-7-12-27)15-10-16-34(36)44-32-14-9-8-13-30(32)31-21-22-35(45(24)46)37(41)39(31)44/h5-23H,1-4H3/q+2. The Morgan fingerprint density at radius 2 is 1.28 bits per heavy atom. The van der Waals surface area contributed by atoms with Gasteiger partial charge in [-0.05, 0) is 60.5 Å². The molecule has 11 rings (SSSR count). The van der Waals surface area contributed by atoms with E-state index in [4.69, 9.17) is 0 Å². The van der Waals surface area contributed by atoms with E-state index in [0.29, 0.717) is 0 Å². The van der Waals surface area contributed by atoms with Gasteiger partial charge in [0, 0.05) is 36.2 Å². The van der Waals surface area contributed by atoms with Gasteiger partial charge in [-0.25, -0.2) is 4.57 Å². The number of hydrogen-bond acceptors (Lipinski definition) is 0. The number of aryl methyl sites for hydroxylation is 2. The normalized spacial score (nSPS) is 16.3. The summed E-state index contributed by atoms with van der Waals surface area (Å²) in [6, 6.07) is 42.6. The van der Waals surface area contributed by atoms with E-state index in [9.17, 15) is 0 Å². The Hall–Kier alpha value is -5.68. The quantitative estimate of drug-likeness (QED) is 0.185. The zero-order valence-electron chi connectivity index (χ0n) is 26.2. The maximum absolute atomic E-state index is 2.59. The molecule has 8 aromatic rings. The molecule has 1 spiro atoms. The summed E-state index contributed by atoms with van der Waals surface area (Å²) in [7, 11) is 2.28. The van der Waals surface area contributed by atoms with Crippen LogP contribution in [-0.2, 0) is 12.6 Å². The van der Waals surface area contributed by atoms with Gasteiger partial charge in [-0.15, -0.1) is 4.68 Å². The molecule has 1 atom stereocenters. The Morgan fingerprint density at radius 1 is 0.587 bits per heavy atom. The van der Waals surface area contributed by atoms with Crippen molar-refractivity contribution in [2.75, 3.05) is 0 Å². The molecule has 6 heterocycles. The topological polar surface area (TPSA) is 22.5 Å². The Labute approximate surface area is 266 Å². The second-order valence-electron chi connectivity index (χ2n) is 13.2. The first-order chi connectivity index (χ1) is 22.5. The van der Waals surface area contributed by atoms with Gasteiger partial charge >= 0.3 is 11.4 Å². The summed E-state index contributed by atoms with van der Waals surface area (Å²) >= 11 is 0. The third-order valence-corrected chi connectivity index (χ3v) is 11.0.